The van der Waals surface area contributed by atoms with E-state index in [0.717, 1.165) is 22.9 Å². The van der Waals surface area contributed by atoms with E-state index in [-0.39, 0.29) is 29.3 Å². The maximum absolute atomic E-state index is 12.2. The van der Waals surface area contributed by atoms with Crippen molar-refractivity contribution in [2.45, 2.75) is 29.7 Å². The maximum atomic E-state index is 12.2. The number of rotatable bonds is 7. The number of hydrogen-bond acceptors (Lipinski definition) is 3. The Labute approximate surface area is 166 Å². The van der Waals surface area contributed by atoms with E-state index < -0.39 is 10.0 Å². The van der Waals surface area contributed by atoms with Gasteiger partial charge >= 0.3 is 0 Å². The van der Waals surface area contributed by atoms with Crippen LogP contribution in [-0.2, 0) is 20.4 Å². The van der Waals surface area contributed by atoms with Gasteiger partial charge in [-0.15, -0.1) is 0 Å². The predicted molar refractivity (Wildman–Crippen MR) is 104 cm³/mol. The highest BCUT2D eigenvalue weighted by atomic mass is 79.9. The lowest BCUT2D eigenvalue weighted by molar-refractivity contribution is -0.122. The van der Waals surface area contributed by atoms with Gasteiger partial charge in [-0.05, 0) is 48.7 Å². The van der Waals surface area contributed by atoms with Crippen molar-refractivity contribution < 1.29 is 13.2 Å². The summed E-state index contributed by atoms with van der Waals surface area (Å²) in [5, 5.41) is 3.37. The Balaban J connectivity index is 1.54. The van der Waals surface area contributed by atoms with Crippen molar-refractivity contribution >= 4 is 43.5 Å². The highest BCUT2D eigenvalue weighted by Crippen LogP contribution is 2.45. The molecular formula is C18H18BrClN2O3S. The molecule has 0 spiro atoms. The molecule has 5 nitrogen and oxygen atoms in total. The number of nitrogens with one attached hydrogen (secondary N) is 2. The molecule has 0 heterocycles. The van der Waals surface area contributed by atoms with E-state index in [0.29, 0.717) is 5.02 Å². The first-order valence-corrected chi connectivity index (χ1v) is 10.8. The quantitative estimate of drug-likeness (QED) is 0.667. The Morgan fingerprint density at radius 1 is 1.15 bits per heavy atom. The van der Waals surface area contributed by atoms with Gasteiger partial charge in [-0.25, -0.2) is 13.1 Å². The number of sulfonamides is 1. The average molecular weight is 458 g/mol. The zero-order valence-corrected chi connectivity index (χ0v) is 17.0. The number of halogens is 2. The van der Waals surface area contributed by atoms with Crippen molar-refractivity contribution in [1.82, 2.24) is 10.0 Å². The lowest BCUT2D eigenvalue weighted by Crippen LogP contribution is -2.37. The third-order valence-corrected chi connectivity index (χ3v) is 6.50. The summed E-state index contributed by atoms with van der Waals surface area (Å²) in [5.74, 6) is -0.181. The Morgan fingerprint density at radius 2 is 1.85 bits per heavy atom. The van der Waals surface area contributed by atoms with Gasteiger partial charge in [0.2, 0.25) is 15.9 Å². The van der Waals surface area contributed by atoms with Crippen LogP contribution in [0.25, 0.3) is 0 Å². The van der Waals surface area contributed by atoms with Gasteiger partial charge in [0.1, 0.15) is 0 Å². The van der Waals surface area contributed by atoms with Crippen molar-refractivity contribution in [2.24, 2.45) is 0 Å². The Hall–Kier alpha value is -1.41. The van der Waals surface area contributed by atoms with E-state index in [1.54, 1.807) is 12.1 Å². The molecule has 0 saturated heterocycles. The third kappa shape index (κ3) is 4.65. The van der Waals surface area contributed by atoms with Crippen molar-refractivity contribution in [2.75, 3.05) is 6.54 Å². The summed E-state index contributed by atoms with van der Waals surface area (Å²) in [6, 6.07) is 13.9. The van der Waals surface area contributed by atoms with E-state index in [1.165, 1.54) is 12.1 Å². The summed E-state index contributed by atoms with van der Waals surface area (Å²) in [6.07, 6.45) is 1.83. The standard InChI is InChI=1S/C18H18BrClN2O3S/c19-14-6-4-13(5-7-14)18(9-10-18)22-17(23)8-11-21-26(24,25)16-3-1-2-15(20)12-16/h1-7,12,21H,8-11H2,(H,22,23). The van der Waals surface area contributed by atoms with Crippen LogP contribution >= 0.6 is 27.5 Å². The SMILES string of the molecule is O=C(CCNS(=O)(=O)c1cccc(Cl)c1)NC1(c2ccc(Br)cc2)CC1. The molecule has 0 radical (unpaired) electrons. The average Bonchev–Trinajstić information content (AvgIpc) is 3.36. The first kappa shape index (κ1) is 19.4. The Bertz CT molecular complexity index is 912. The second kappa shape index (κ2) is 7.68. The van der Waals surface area contributed by atoms with E-state index in [9.17, 15) is 13.2 Å². The molecule has 2 N–H and O–H groups in total. The predicted octanol–water partition coefficient (Wildman–Crippen LogP) is 3.58. The van der Waals surface area contributed by atoms with Gasteiger partial charge in [0.05, 0.1) is 10.4 Å². The van der Waals surface area contributed by atoms with E-state index >= 15 is 0 Å². The minimum absolute atomic E-state index is 0.0249. The molecule has 26 heavy (non-hydrogen) atoms. The van der Waals surface area contributed by atoms with Crippen molar-refractivity contribution in [3.05, 3.63) is 63.6 Å². The van der Waals surface area contributed by atoms with Gasteiger partial charge in [0.25, 0.3) is 0 Å². The summed E-state index contributed by atoms with van der Waals surface area (Å²) >= 11 is 9.22. The smallest absolute Gasteiger partial charge is 0.240 e. The van der Waals surface area contributed by atoms with Crippen LogP contribution in [0.2, 0.25) is 5.02 Å². The molecule has 0 aromatic heterocycles. The molecule has 0 bridgehead atoms. The molecule has 0 aliphatic heterocycles. The van der Waals surface area contributed by atoms with Crippen LogP contribution in [0.5, 0.6) is 0 Å². The first-order chi connectivity index (χ1) is 12.3. The van der Waals surface area contributed by atoms with Gasteiger partial charge in [-0.2, -0.15) is 0 Å². The zero-order valence-electron chi connectivity index (χ0n) is 13.8. The summed E-state index contributed by atoms with van der Waals surface area (Å²) < 4.78 is 27.8. The molecule has 1 saturated carbocycles. The largest absolute Gasteiger partial charge is 0.347 e. The Morgan fingerprint density at radius 3 is 2.46 bits per heavy atom. The molecule has 1 amide bonds. The van der Waals surface area contributed by atoms with Crippen LogP contribution in [0, 0.1) is 0 Å². The monoisotopic (exact) mass is 456 g/mol. The minimum atomic E-state index is -3.68. The van der Waals surface area contributed by atoms with Gasteiger partial charge in [-0.1, -0.05) is 45.7 Å². The van der Waals surface area contributed by atoms with Gasteiger partial charge in [0, 0.05) is 22.5 Å². The van der Waals surface area contributed by atoms with Gasteiger partial charge in [0.15, 0.2) is 0 Å². The lowest BCUT2D eigenvalue weighted by Gasteiger charge is -2.18. The molecular weight excluding hydrogens is 440 g/mol. The highest BCUT2D eigenvalue weighted by Gasteiger charge is 2.45. The summed E-state index contributed by atoms with van der Waals surface area (Å²) in [7, 11) is -3.68. The topological polar surface area (TPSA) is 75.3 Å². The summed E-state index contributed by atoms with van der Waals surface area (Å²) in [6.45, 7) is 0.0249. The normalized spacial score (nSPS) is 15.5. The molecule has 2 aromatic rings. The molecule has 1 fully saturated rings. The van der Waals surface area contributed by atoms with Gasteiger partial charge in [-0.3, -0.25) is 4.79 Å². The van der Waals surface area contributed by atoms with Crippen LogP contribution in [0.1, 0.15) is 24.8 Å². The summed E-state index contributed by atoms with van der Waals surface area (Å²) in [4.78, 5) is 12.3. The molecule has 3 rings (SSSR count). The minimum Gasteiger partial charge on any atom is -0.347 e. The molecule has 138 valence electrons. The first-order valence-electron chi connectivity index (χ1n) is 8.13. The van der Waals surface area contributed by atoms with Crippen LogP contribution < -0.4 is 10.0 Å². The number of carbonyl (C=O) groups excluding carboxylic acids is 1. The fraction of sp³-hybridized carbons (Fsp3) is 0.278. The van der Waals surface area contributed by atoms with E-state index in [1.807, 2.05) is 24.3 Å². The van der Waals surface area contributed by atoms with E-state index in [2.05, 4.69) is 26.0 Å². The van der Waals surface area contributed by atoms with Crippen molar-refractivity contribution in [3.63, 3.8) is 0 Å². The maximum Gasteiger partial charge on any atom is 0.240 e. The number of benzene rings is 2. The van der Waals surface area contributed by atoms with Crippen LogP contribution in [0.3, 0.4) is 0 Å². The number of carbonyl (C=O) groups is 1. The fourth-order valence-corrected chi connectivity index (χ4v) is 4.32. The number of hydrogen-bond donors (Lipinski definition) is 2. The Kier molecular flexibility index (Phi) is 5.72. The second-order valence-electron chi connectivity index (χ2n) is 6.24. The molecule has 2 aromatic carbocycles. The number of amides is 1. The second-order valence-corrected chi connectivity index (χ2v) is 9.36. The lowest BCUT2D eigenvalue weighted by atomic mass is 10.0. The van der Waals surface area contributed by atoms with Crippen LogP contribution in [0.15, 0.2) is 57.9 Å². The molecule has 0 atom stereocenters. The molecule has 1 aliphatic rings. The molecule has 0 unspecified atom stereocenters. The summed E-state index contributed by atoms with van der Waals surface area (Å²) in [5.41, 5.74) is 0.748. The molecule has 1 aliphatic carbocycles. The van der Waals surface area contributed by atoms with Crippen LogP contribution in [-0.4, -0.2) is 20.9 Å². The molecule has 8 heteroatoms. The van der Waals surface area contributed by atoms with Gasteiger partial charge < -0.3 is 5.32 Å². The van der Waals surface area contributed by atoms with E-state index in [4.69, 9.17) is 11.6 Å². The zero-order chi connectivity index (χ0) is 18.8. The highest BCUT2D eigenvalue weighted by molar-refractivity contribution is 9.10. The fourth-order valence-electron chi connectivity index (χ4n) is 2.73. The van der Waals surface area contributed by atoms with Crippen LogP contribution in [0.4, 0.5) is 0 Å². The van der Waals surface area contributed by atoms with Crippen molar-refractivity contribution in [1.29, 1.82) is 0 Å². The third-order valence-electron chi connectivity index (χ3n) is 4.28. The van der Waals surface area contributed by atoms with Crippen molar-refractivity contribution in [3.8, 4) is 0 Å².